The first-order valence-electron chi connectivity index (χ1n) is 10.5. The van der Waals surface area contributed by atoms with E-state index in [0.717, 1.165) is 11.3 Å². The first-order valence-corrected chi connectivity index (χ1v) is 12.7. The topological polar surface area (TPSA) is 81.9 Å². The van der Waals surface area contributed by atoms with E-state index in [-0.39, 0.29) is 23.3 Å². The van der Waals surface area contributed by atoms with Gasteiger partial charge in [-0.25, -0.2) is 9.37 Å². The van der Waals surface area contributed by atoms with E-state index in [9.17, 15) is 9.18 Å². The monoisotopic (exact) mass is 529 g/mol. The number of thioether (sulfide) groups is 1. The number of rotatable bonds is 10. The molecule has 1 N–H and O–H groups in total. The lowest BCUT2D eigenvalue weighted by Crippen LogP contribution is -2.15. The Morgan fingerprint density at radius 2 is 2.09 bits per heavy atom. The van der Waals surface area contributed by atoms with Crippen molar-refractivity contribution < 1.29 is 13.9 Å². The lowest BCUT2D eigenvalue weighted by Gasteiger charge is -2.10. The molecule has 7 nitrogen and oxygen atoms in total. The van der Waals surface area contributed by atoms with Gasteiger partial charge in [-0.1, -0.05) is 59.3 Å². The van der Waals surface area contributed by atoms with Gasteiger partial charge in [0.2, 0.25) is 5.91 Å². The van der Waals surface area contributed by atoms with Gasteiger partial charge < -0.3 is 10.1 Å². The normalized spacial score (nSPS) is 10.8. The van der Waals surface area contributed by atoms with Crippen LogP contribution in [-0.2, 0) is 17.9 Å². The Balaban J connectivity index is 1.35. The number of anilines is 1. The van der Waals surface area contributed by atoms with Crippen LogP contribution in [0.15, 0.2) is 65.7 Å². The smallest absolute Gasteiger partial charge is 0.236 e. The number of nitrogens with one attached hydrogen (secondary N) is 1. The van der Waals surface area contributed by atoms with Gasteiger partial charge in [-0.3, -0.25) is 9.36 Å². The molecule has 0 atom stereocenters. The summed E-state index contributed by atoms with van der Waals surface area (Å²) in [4.78, 5) is 17.0. The number of amides is 1. The van der Waals surface area contributed by atoms with Crippen molar-refractivity contribution in [1.82, 2.24) is 19.7 Å². The third kappa shape index (κ3) is 6.47. The molecule has 0 fully saturated rings. The van der Waals surface area contributed by atoms with E-state index < -0.39 is 5.82 Å². The molecule has 0 aliphatic carbocycles. The highest BCUT2D eigenvalue weighted by atomic mass is 35.5. The standard InChI is InChI=1S/C24H21ClFN5O2S2/c1-3-10-31-21(12-33-20-9-8-17(26)11-18(20)25)29-30-24(31)35-14-22(32)28-23-27-19(13-34-23)16-6-4-15(2)5-7-16/h3-9,11,13H,1,10,12,14H2,2H3,(H,27,28,32). The van der Waals surface area contributed by atoms with Crippen LogP contribution in [0.5, 0.6) is 5.75 Å². The van der Waals surface area contributed by atoms with Crippen molar-refractivity contribution in [3.8, 4) is 17.0 Å². The van der Waals surface area contributed by atoms with Gasteiger partial charge in [0.25, 0.3) is 0 Å². The zero-order chi connectivity index (χ0) is 24.8. The number of allylic oxidation sites excluding steroid dienone is 1. The molecular weight excluding hydrogens is 509 g/mol. The van der Waals surface area contributed by atoms with E-state index in [0.29, 0.717) is 28.4 Å². The summed E-state index contributed by atoms with van der Waals surface area (Å²) >= 11 is 8.63. The molecule has 2 aromatic heterocycles. The fourth-order valence-corrected chi connectivity index (χ4v) is 4.78. The van der Waals surface area contributed by atoms with Crippen molar-refractivity contribution in [3.05, 3.63) is 82.7 Å². The van der Waals surface area contributed by atoms with E-state index in [1.165, 1.54) is 46.9 Å². The SMILES string of the molecule is C=CCn1c(COc2ccc(F)cc2Cl)nnc1SCC(=O)Nc1nc(-c2ccc(C)cc2)cs1. The van der Waals surface area contributed by atoms with Gasteiger partial charge in [0.15, 0.2) is 16.1 Å². The highest BCUT2D eigenvalue weighted by Crippen LogP contribution is 2.27. The van der Waals surface area contributed by atoms with Gasteiger partial charge in [-0.15, -0.1) is 28.1 Å². The number of aromatic nitrogens is 4. The fourth-order valence-electron chi connectivity index (χ4n) is 3.05. The van der Waals surface area contributed by atoms with E-state index in [2.05, 4.69) is 27.1 Å². The van der Waals surface area contributed by atoms with E-state index >= 15 is 0 Å². The minimum Gasteiger partial charge on any atom is -0.484 e. The second kappa shape index (κ2) is 11.5. The Hall–Kier alpha value is -3.21. The van der Waals surface area contributed by atoms with Crippen LogP contribution in [0, 0.1) is 12.7 Å². The van der Waals surface area contributed by atoms with Crippen LogP contribution in [0.1, 0.15) is 11.4 Å². The first kappa shape index (κ1) is 24.9. The Morgan fingerprint density at radius 3 is 2.83 bits per heavy atom. The number of hydrogen-bond acceptors (Lipinski definition) is 7. The molecule has 4 rings (SSSR count). The number of hydrogen-bond donors (Lipinski definition) is 1. The van der Waals surface area contributed by atoms with Crippen molar-refractivity contribution in [2.75, 3.05) is 11.1 Å². The van der Waals surface area contributed by atoms with Crippen LogP contribution in [0.4, 0.5) is 9.52 Å². The molecule has 1 amide bonds. The van der Waals surface area contributed by atoms with Crippen LogP contribution in [-0.4, -0.2) is 31.4 Å². The summed E-state index contributed by atoms with van der Waals surface area (Å²) in [6.45, 7) is 6.30. The summed E-state index contributed by atoms with van der Waals surface area (Å²) in [5.74, 6) is 0.334. The maximum Gasteiger partial charge on any atom is 0.236 e. The average molecular weight is 530 g/mol. The van der Waals surface area contributed by atoms with Crippen LogP contribution in [0.2, 0.25) is 5.02 Å². The fraction of sp³-hybridized carbons (Fsp3) is 0.167. The molecule has 35 heavy (non-hydrogen) atoms. The summed E-state index contributed by atoms with van der Waals surface area (Å²) in [7, 11) is 0. The van der Waals surface area contributed by atoms with Crippen LogP contribution in [0.25, 0.3) is 11.3 Å². The molecule has 4 aromatic rings. The Kier molecular flexibility index (Phi) is 8.17. The summed E-state index contributed by atoms with van der Waals surface area (Å²) in [5.41, 5.74) is 2.98. The molecular formula is C24H21ClFN5O2S2. The molecule has 0 unspecified atom stereocenters. The maximum atomic E-state index is 13.2. The molecule has 0 radical (unpaired) electrons. The maximum absolute atomic E-state index is 13.2. The molecule has 0 aliphatic rings. The Morgan fingerprint density at radius 1 is 1.29 bits per heavy atom. The van der Waals surface area contributed by atoms with Crippen molar-refractivity contribution in [2.24, 2.45) is 0 Å². The van der Waals surface area contributed by atoms with E-state index in [1.54, 1.807) is 10.6 Å². The van der Waals surface area contributed by atoms with Crippen molar-refractivity contribution in [3.63, 3.8) is 0 Å². The highest BCUT2D eigenvalue weighted by Gasteiger charge is 2.16. The predicted octanol–water partition coefficient (Wildman–Crippen LogP) is 6.00. The number of carbonyl (C=O) groups excluding carboxylic acids is 1. The molecule has 0 bridgehead atoms. The molecule has 0 saturated heterocycles. The number of aryl methyl sites for hydroxylation is 1. The first-order chi connectivity index (χ1) is 16.9. The van der Waals surface area contributed by atoms with Gasteiger partial charge in [0.1, 0.15) is 18.2 Å². The van der Waals surface area contributed by atoms with E-state index in [1.807, 2.05) is 36.6 Å². The lowest BCUT2D eigenvalue weighted by molar-refractivity contribution is -0.113. The zero-order valence-corrected chi connectivity index (χ0v) is 21.1. The Bertz CT molecular complexity index is 1340. The number of ether oxygens (including phenoxy) is 1. The van der Waals surface area contributed by atoms with Gasteiger partial charge in [-0.2, -0.15) is 0 Å². The van der Waals surface area contributed by atoms with Gasteiger partial charge in [0, 0.05) is 17.5 Å². The molecule has 0 saturated carbocycles. The minimum absolute atomic E-state index is 0.0693. The highest BCUT2D eigenvalue weighted by molar-refractivity contribution is 7.99. The number of benzene rings is 2. The molecule has 0 spiro atoms. The third-order valence-corrected chi connectivity index (χ3v) is 6.81. The van der Waals surface area contributed by atoms with Crippen molar-refractivity contribution in [1.29, 1.82) is 0 Å². The molecule has 180 valence electrons. The quantitative estimate of drug-likeness (QED) is 0.200. The number of thiazole rings is 1. The average Bonchev–Trinajstić information content (AvgIpc) is 3.45. The second-order valence-corrected chi connectivity index (χ2v) is 9.61. The third-order valence-electron chi connectivity index (χ3n) is 4.79. The number of halogens is 2. The molecule has 2 aromatic carbocycles. The Labute approximate surface area is 215 Å². The molecule has 0 aliphatic heterocycles. The van der Waals surface area contributed by atoms with Crippen LogP contribution in [0.3, 0.4) is 0 Å². The summed E-state index contributed by atoms with van der Waals surface area (Å²) in [6, 6.07) is 12.0. The van der Waals surface area contributed by atoms with Crippen molar-refractivity contribution >= 4 is 45.7 Å². The minimum atomic E-state index is -0.446. The molecule has 2 heterocycles. The van der Waals surface area contributed by atoms with Crippen molar-refractivity contribution in [2.45, 2.75) is 25.2 Å². The predicted molar refractivity (Wildman–Crippen MR) is 138 cm³/mol. The number of carbonyl (C=O) groups is 1. The summed E-state index contributed by atoms with van der Waals surface area (Å²) < 4.78 is 20.7. The van der Waals surface area contributed by atoms with Crippen LogP contribution >= 0.6 is 34.7 Å². The summed E-state index contributed by atoms with van der Waals surface area (Å²) in [6.07, 6.45) is 1.70. The van der Waals surface area contributed by atoms with Gasteiger partial charge in [-0.05, 0) is 25.1 Å². The lowest BCUT2D eigenvalue weighted by atomic mass is 10.1. The zero-order valence-electron chi connectivity index (χ0n) is 18.7. The second-order valence-electron chi connectivity index (χ2n) is 7.40. The number of nitrogens with zero attached hydrogens (tertiary/aromatic N) is 4. The largest absolute Gasteiger partial charge is 0.484 e. The van der Waals surface area contributed by atoms with Gasteiger partial charge >= 0.3 is 0 Å². The van der Waals surface area contributed by atoms with E-state index in [4.69, 9.17) is 16.3 Å². The van der Waals surface area contributed by atoms with Gasteiger partial charge in [0.05, 0.1) is 16.5 Å². The molecule has 11 heteroatoms. The summed E-state index contributed by atoms with van der Waals surface area (Å²) in [5, 5.41) is 14.3. The van der Waals surface area contributed by atoms with Crippen LogP contribution < -0.4 is 10.1 Å².